The van der Waals surface area contributed by atoms with Gasteiger partial charge < -0.3 is 9.94 Å². The van der Waals surface area contributed by atoms with Gasteiger partial charge >= 0.3 is 12.1 Å². The Morgan fingerprint density at radius 3 is 2.33 bits per heavy atom. The van der Waals surface area contributed by atoms with Gasteiger partial charge in [-0.2, -0.15) is 0 Å². The highest BCUT2D eigenvalue weighted by Gasteiger charge is 2.15. The number of nitrogens with zero attached hydrogens (tertiary/aromatic N) is 1. The first kappa shape index (κ1) is 10.5. The van der Waals surface area contributed by atoms with Gasteiger partial charge in [0.2, 0.25) is 0 Å². The molecule has 0 aliphatic heterocycles. The van der Waals surface area contributed by atoms with Crippen LogP contribution in [0.2, 0.25) is 0 Å². The Morgan fingerprint density at radius 2 is 2.08 bits per heavy atom. The van der Waals surface area contributed by atoms with Gasteiger partial charge in [-0.1, -0.05) is 6.58 Å². The lowest BCUT2D eigenvalue weighted by Crippen LogP contribution is -2.32. The number of carbonyl (C=O) groups excluding carboxylic acids is 1. The van der Waals surface area contributed by atoms with Crippen molar-refractivity contribution in [3.63, 3.8) is 0 Å². The third kappa shape index (κ3) is 3.05. The fourth-order valence-corrected chi connectivity index (χ4v) is 0.417. The van der Waals surface area contributed by atoms with Crippen LogP contribution in [-0.4, -0.2) is 28.8 Å². The molecule has 0 aromatic rings. The largest absolute Gasteiger partial charge is 0.463 e. The van der Waals surface area contributed by atoms with Crippen LogP contribution in [0.4, 0.5) is 4.79 Å². The van der Waals surface area contributed by atoms with Crippen molar-refractivity contribution in [2.24, 2.45) is 0 Å². The molecule has 0 aromatic heterocycles. The first-order valence-electron chi connectivity index (χ1n) is 3.37. The van der Waals surface area contributed by atoms with E-state index in [1.165, 1.54) is 6.92 Å². The summed E-state index contributed by atoms with van der Waals surface area (Å²) >= 11 is 0. The van der Waals surface area contributed by atoms with Crippen molar-refractivity contribution in [3.8, 4) is 0 Å². The third-order valence-corrected chi connectivity index (χ3v) is 1.04. The van der Waals surface area contributed by atoms with Gasteiger partial charge in [0.1, 0.15) is 0 Å². The van der Waals surface area contributed by atoms with Gasteiger partial charge in [-0.25, -0.2) is 9.59 Å². The number of rotatable bonds is 2. The van der Waals surface area contributed by atoms with E-state index in [4.69, 9.17) is 5.11 Å². The number of carboxylic acid groups (broad SMARTS) is 1. The maximum absolute atomic E-state index is 10.8. The van der Waals surface area contributed by atoms with Crippen molar-refractivity contribution >= 4 is 12.1 Å². The molecule has 68 valence electrons. The predicted molar refractivity (Wildman–Crippen MR) is 41.3 cm³/mol. The van der Waals surface area contributed by atoms with Crippen molar-refractivity contribution in [2.75, 3.05) is 6.54 Å². The second-order valence-corrected chi connectivity index (χ2v) is 2.14. The maximum atomic E-state index is 10.8. The molecule has 0 radical (unpaired) electrons. The molecule has 0 rings (SSSR count). The molecule has 0 saturated heterocycles. The maximum Gasteiger partial charge on any atom is 0.440 e. The minimum Gasteiger partial charge on any atom is -0.463 e. The Kier molecular flexibility index (Phi) is 3.82. The number of carbonyl (C=O) groups is 2. The zero-order valence-electron chi connectivity index (χ0n) is 7.03. The lowest BCUT2D eigenvalue weighted by Gasteiger charge is -2.14. The van der Waals surface area contributed by atoms with Crippen LogP contribution >= 0.6 is 0 Å². The molecule has 0 aromatic carbocycles. The zero-order valence-corrected chi connectivity index (χ0v) is 7.03. The highest BCUT2D eigenvalue weighted by molar-refractivity contribution is 5.87. The van der Waals surface area contributed by atoms with E-state index in [1.807, 2.05) is 0 Å². The van der Waals surface area contributed by atoms with E-state index in [-0.39, 0.29) is 12.1 Å². The number of amides is 1. The predicted octanol–water partition coefficient (Wildman–Crippen LogP) is 1.02. The number of hydrogen-bond acceptors (Lipinski definition) is 3. The standard InChI is InChI=1S/C7H11NO4/c1-4-8(7(10)11)12-6(9)5(2)3/h2,4H2,1,3H3,(H,10,11). The Morgan fingerprint density at radius 1 is 1.58 bits per heavy atom. The van der Waals surface area contributed by atoms with E-state index >= 15 is 0 Å². The average Bonchev–Trinajstić information content (AvgIpc) is 1.98. The molecule has 1 N–H and O–H groups in total. The van der Waals surface area contributed by atoms with E-state index in [0.717, 1.165) is 0 Å². The van der Waals surface area contributed by atoms with Crippen LogP contribution in [0.25, 0.3) is 0 Å². The quantitative estimate of drug-likeness (QED) is 0.500. The highest BCUT2D eigenvalue weighted by atomic mass is 16.7. The summed E-state index contributed by atoms with van der Waals surface area (Å²) in [4.78, 5) is 25.5. The zero-order chi connectivity index (χ0) is 9.72. The molecule has 5 heteroatoms. The molecule has 0 unspecified atom stereocenters. The summed E-state index contributed by atoms with van der Waals surface area (Å²) in [5.74, 6) is -0.737. The summed E-state index contributed by atoms with van der Waals surface area (Å²) in [5.41, 5.74) is 0.162. The van der Waals surface area contributed by atoms with Crippen molar-refractivity contribution in [1.82, 2.24) is 5.06 Å². The molecule has 0 fully saturated rings. The summed E-state index contributed by atoms with van der Waals surface area (Å²) in [7, 11) is 0. The van der Waals surface area contributed by atoms with Gasteiger partial charge in [0.15, 0.2) is 0 Å². The van der Waals surface area contributed by atoms with Gasteiger partial charge in [0.05, 0.1) is 6.54 Å². The Labute approximate surface area is 70.2 Å². The summed E-state index contributed by atoms with van der Waals surface area (Å²) in [6, 6.07) is 0. The minimum atomic E-state index is -1.30. The monoisotopic (exact) mass is 173 g/mol. The van der Waals surface area contributed by atoms with E-state index in [2.05, 4.69) is 11.4 Å². The SMILES string of the molecule is C=C(C)C(=O)ON(CC)C(=O)O. The van der Waals surface area contributed by atoms with Crippen molar-refractivity contribution in [3.05, 3.63) is 12.2 Å². The molecule has 0 bridgehead atoms. The van der Waals surface area contributed by atoms with Gasteiger partial charge in [0.25, 0.3) is 0 Å². The lowest BCUT2D eigenvalue weighted by atomic mass is 10.4. The molecule has 0 aliphatic carbocycles. The number of hydroxylamine groups is 2. The van der Waals surface area contributed by atoms with Crippen molar-refractivity contribution < 1.29 is 19.5 Å². The molecule has 0 spiro atoms. The van der Waals surface area contributed by atoms with Crippen LogP contribution in [0, 0.1) is 0 Å². The summed E-state index contributed by atoms with van der Waals surface area (Å²) in [6.07, 6.45) is -1.30. The van der Waals surface area contributed by atoms with Crippen LogP contribution in [0.5, 0.6) is 0 Å². The molecule has 0 aliphatic rings. The molecular formula is C7H11NO4. The van der Waals surface area contributed by atoms with Gasteiger partial charge in [0, 0.05) is 5.57 Å². The second kappa shape index (κ2) is 4.38. The topological polar surface area (TPSA) is 66.8 Å². The van der Waals surface area contributed by atoms with Gasteiger partial charge in [-0.3, -0.25) is 0 Å². The van der Waals surface area contributed by atoms with Crippen LogP contribution in [0.15, 0.2) is 12.2 Å². The molecule has 5 nitrogen and oxygen atoms in total. The lowest BCUT2D eigenvalue weighted by molar-refractivity contribution is -0.174. The van der Waals surface area contributed by atoms with Crippen LogP contribution < -0.4 is 0 Å². The van der Waals surface area contributed by atoms with Gasteiger partial charge in [-0.05, 0) is 13.8 Å². The Bertz CT molecular complexity index is 211. The van der Waals surface area contributed by atoms with Crippen molar-refractivity contribution in [2.45, 2.75) is 13.8 Å². The molecule has 0 heterocycles. The molecule has 12 heavy (non-hydrogen) atoms. The minimum absolute atomic E-state index is 0.0916. The van der Waals surface area contributed by atoms with E-state index < -0.39 is 12.1 Å². The fourth-order valence-electron chi connectivity index (χ4n) is 0.417. The molecule has 0 atom stereocenters. The van der Waals surface area contributed by atoms with Crippen LogP contribution in [-0.2, 0) is 9.63 Å². The molecular weight excluding hydrogens is 162 g/mol. The van der Waals surface area contributed by atoms with Gasteiger partial charge in [-0.15, -0.1) is 5.06 Å². The smallest absolute Gasteiger partial charge is 0.440 e. The summed E-state index contributed by atoms with van der Waals surface area (Å²) in [5, 5.41) is 8.96. The Hall–Kier alpha value is -1.52. The molecule has 0 saturated carbocycles. The first-order valence-corrected chi connectivity index (χ1v) is 3.37. The molecule has 1 amide bonds. The Balaban J connectivity index is 4.12. The second-order valence-electron chi connectivity index (χ2n) is 2.14. The first-order chi connectivity index (χ1) is 5.49. The van der Waals surface area contributed by atoms with Crippen LogP contribution in [0.1, 0.15) is 13.8 Å². The van der Waals surface area contributed by atoms with E-state index in [9.17, 15) is 9.59 Å². The summed E-state index contributed by atoms with van der Waals surface area (Å²) in [6.45, 7) is 6.40. The van der Waals surface area contributed by atoms with Crippen molar-refractivity contribution in [1.29, 1.82) is 0 Å². The third-order valence-electron chi connectivity index (χ3n) is 1.04. The normalized spacial score (nSPS) is 8.83. The fraction of sp³-hybridized carbons (Fsp3) is 0.429. The highest BCUT2D eigenvalue weighted by Crippen LogP contribution is 1.97. The average molecular weight is 173 g/mol. The summed E-state index contributed by atoms with van der Waals surface area (Å²) < 4.78 is 0. The number of hydrogen-bond donors (Lipinski definition) is 1. The van der Waals surface area contributed by atoms with E-state index in [0.29, 0.717) is 5.06 Å². The van der Waals surface area contributed by atoms with E-state index in [1.54, 1.807) is 6.92 Å². The van der Waals surface area contributed by atoms with Crippen LogP contribution in [0.3, 0.4) is 0 Å².